The molecule has 144 valence electrons. The van der Waals surface area contributed by atoms with E-state index < -0.39 is 6.67 Å². The van der Waals surface area contributed by atoms with Gasteiger partial charge >= 0.3 is 0 Å². The summed E-state index contributed by atoms with van der Waals surface area (Å²) in [6.45, 7) is 1.16. The molecule has 2 aromatic rings. The maximum absolute atomic E-state index is 12.1. The van der Waals surface area contributed by atoms with E-state index in [1.54, 1.807) is 19.2 Å². The molecule has 3 rings (SSSR count). The van der Waals surface area contributed by atoms with Gasteiger partial charge in [0.15, 0.2) is 0 Å². The fourth-order valence-corrected chi connectivity index (χ4v) is 3.03. The molecule has 27 heavy (non-hydrogen) atoms. The molecule has 0 radical (unpaired) electrons. The van der Waals surface area contributed by atoms with Crippen LogP contribution in [-0.4, -0.2) is 45.6 Å². The van der Waals surface area contributed by atoms with Crippen LogP contribution < -0.4 is 26.0 Å². The summed E-state index contributed by atoms with van der Waals surface area (Å²) in [4.78, 5) is 11.8. The van der Waals surface area contributed by atoms with E-state index >= 15 is 0 Å². The molecule has 1 fully saturated rings. The molecule has 0 aromatic heterocycles. The minimum absolute atomic E-state index is 0.0319. The van der Waals surface area contributed by atoms with Crippen LogP contribution in [0.15, 0.2) is 48.5 Å². The van der Waals surface area contributed by atoms with Crippen LogP contribution in [0, 0.1) is 0 Å². The molecule has 1 amide bonds. The molecule has 2 aromatic carbocycles. The minimum Gasteiger partial charge on any atom is -0.497 e. The molecule has 0 spiro atoms. The largest absolute Gasteiger partial charge is 0.497 e. The first-order valence-electron chi connectivity index (χ1n) is 9.01. The predicted octanol–water partition coefficient (Wildman–Crippen LogP) is 2.07. The Bertz CT molecular complexity index is 729. The average Bonchev–Trinajstić information content (AvgIpc) is 2.73. The van der Waals surface area contributed by atoms with Crippen LogP contribution in [0.5, 0.6) is 5.75 Å². The zero-order chi connectivity index (χ0) is 19.1. The normalized spacial score (nSPS) is 19.3. The highest BCUT2D eigenvalue weighted by Crippen LogP contribution is 2.20. The predicted molar refractivity (Wildman–Crippen MR) is 104 cm³/mol. The van der Waals surface area contributed by atoms with Crippen molar-refractivity contribution in [3.05, 3.63) is 59.7 Å². The van der Waals surface area contributed by atoms with Crippen LogP contribution >= 0.6 is 0 Å². The maximum atomic E-state index is 12.1. The molecule has 0 aliphatic carbocycles. The number of nitrogens with one attached hydrogen (secondary N) is 4. The first-order chi connectivity index (χ1) is 13.2. The van der Waals surface area contributed by atoms with Gasteiger partial charge in [0.2, 0.25) is 0 Å². The third kappa shape index (κ3) is 5.18. The van der Waals surface area contributed by atoms with Crippen LogP contribution in [0.1, 0.15) is 21.8 Å². The monoisotopic (exact) mass is 372 g/mol. The topological polar surface area (TPSA) is 74.4 Å². The second-order valence-corrected chi connectivity index (χ2v) is 6.39. The quantitative estimate of drug-likeness (QED) is 0.599. The zero-order valence-corrected chi connectivity index (χ0v) is 15.3. The summed E-state index contributed by atoms with van der Waals surface area (Å²) in [5.41, 5.74) is 2.67. The Hall–Kier alpha value is -2.64. The van der Waals surface area contributed by atoms with Gasteiger partial charge in [0.05, 0.1) is 7.11 Å². The molecule has 0 atom stereocenters. The molecule has 1 aliphatic rings. The number of alkyl halides is 1. The number of amides is 1. The van der Waals surface area contributed by atoms with Crippen LogP contribution in [0.2, 0.25) is 0 Å². The first-order valence-corrected chi connectivity index (χ1v) is 9.01. The van der Waals surface area contributed by atoms with E-state index in [1.807, 2.05) is 24.3 Å². The second kappa shape index (κ2) is 9.34. The Morgan fingerprint density at radius 1 is 1.11 bits per heavy atom. The van der Waals surface area contributed by atoms with Crippen LogP contribution in [-0.2, 0) is 0 Å². The maximum Gasteiger partial charge on any atom is 0.251 e. The highest BCUT2D eigenvalue weighted by Gasteiger charge is 2.21. The van der Waals surface area contributed by atoms with Gasteiger partial charge in [0, 0.05) is 36.8 Å². The van der Waals surface area contributed by atoms with Gasteiger partial charge in [-0.15, -0.1) is 0 Å². The van der Waals surface area contributed by atoms with E-state index in [0.717, 1.165) is 24.5 Å². The zero-order valence-electron chi connectivity index (χ0n) is 15.3. The SMILES string of the molecule is COc1ccc(C2CNC(Nc3ccc(C(=O)NCCF)cc3)NC2)cc1. The lowest BCUT2D eigenvalue weighted by Gasteiger charge is -2.32. The average molecular weight is 372 g/mol. The number of carbonyl (C=O) groups excluding carboxylic acids is 1. The molecule has 6 nitrogen and oxygen atoms in total. The summed E-state index contributed by atoms with van der Waals surface area (Å²) < 4.78 is 17.3. The number of carbonyl (C=O) groups is 1. The van der Waals surface area contributed by atoms with Crippen molar-refractivity contribution in [2.45, 2.75) is 12.2 Å². The molecular weight excluding hydrogens is 347 g/mol. The number of hydrogen-bond acceptors (Lipinski definition) is 5. The van der Waals surface area contributed by atoms with Crippen molar-refractivity contribution < 1.29 is 13.9 Å². The van der Waals surface area contributed by atoms with Gasteiger partial charge in [-0.3, -0.25) is 15.4 Å². The number of rotatable bonds is 7. The Kier molecular flexibility index (Phi) is 6.62. The fraction of sp³-hybridized carbons (Fsp3) is 0.350. The summed E-state index contributed by atoms with van der Waals surface area (Å²) in [7, 11) is 1.66. The van der Waals surface area contributed by atoms with Crippen molar-refractivity contribution in [1.82, 2.24) is 16.0 Å². The van der Waals surface area contributed by atoms with E-state index in [-0.39, 0.29) is 18.7 Å². The lowest BCUT2D eigenvalue weighted by atomic mass is 9.97. The standard InChI is InChI=1S/C20H25FN4O2/c1-27-18-8-4-14(5-9-18)16-12-23-20(24-13-16)25-17-6-2-15(3-7-17)19(26)22-11-10-21/h2-9,16,20,23-25H,10-13H2,1H3,(H,22,26). The summed E-state index contributed by atoms with van der Waals surface area (Å²) in [5, 5.41) is 12.7. The molecule has 1 aliphatic heterocycles. The minimum atomic E-state index is -0.568. The van der Waals surface area contributed by atoms with Crippen molar-refractivity contribution >= 4 is 11.6 Å². The molecule has 0 unspecified atom stereocenters. The van der Waals surface area contributed by atoms with Crippen molar-refractivity contribution in [1.29, 1.82) is 0 Å². The van der Waals surface area contributed by atoms with E-state index in [2.05, 4.69) is 33.4 Å². The van der Waals surface area contributed by atoms with Gasteiger partial charge in [0.25, 0.3) is 5.91 Å². The summed E-state index contributed by atoms with van der Waals surface area (Å²) in [6.07, 6.45) is -0.0503. The Morgan fingerprint density at radius 3 is 2.37 bits per heavy atom. The van der Waals surface area contributed by atoms with Crippen molar-refractivity contribution in [2.24, 2.45) is 0 Å². The Labute approximate surface area is 158 Å². The van der Waals surface area contributed by atoms with Crippen molar-refractivity contribution in [2.75, 3.05) is 38.7 Å². The van der Waals surface area contributed by atoms with Crippen molar-refractivity contribution in [3.63, 3.8) is 0 Å². The van der Waals surface area contributed by atoms with Gasteiger partial charge < -0.3 is 15.4 Å². The summed E-state index contributed by atoms with van der Waals surface area (Å²) in [6, 6.07) is 15.3. The van der Waals surface area contributed by atoms with Gasteiger partial charge in [-0.05, 0) is 42.0 Å². The summed E-state index contributed by atoms with van der Waals surface area (Å²) >= 11 is 0. The Balaban J connectivity index is 1.49. The number of hydrogen-bond donors (Lipinski definition) is 4. The Morgan fingerprint density at radius 2 is 1.78 bits per heavy atom. The molecular formula is C20H25FN4O2. The molecule has 0 bridgehead atoms. The molecule has 7 heteroatoms. The highest BCUT2D eigenvalue weighted by molar-refractivity contribution is 5.94. The summed E-state index contributed by atoms with van der Waals surface area (Å²) in [5.74, 6) is 0.975. The van der Waals surface area contributed by atoms with Crippen LogP contribution in [0.4, 0.5) is 10.1 Å². The molecule has 1 heterocycles. The van der Waals surface area contributed by atoms with Gasteiger partial charge in [-0.1, -0.05) is 12.1 Å². The first kappa shape index (κ1) is 19.1. The third-order valence-corrected chi connectivity index (χ3v) is 4.56. The van der Waals surface area contributed by atoms with E-state index in [4.69, 9.17) is 4.74 Å². The van der Waals surface area contributed by atoms with Crippen molar-refractivity contribution in [3.8, 4) is 5.75 Å². The van der Waals surface area contributed by atoms with E-state index in [0.29, 0.717) is 11.5 Å². The highest BCUT2D eigenvalue weighted by atomic mass is 19.1. The fourth-order valence-electron chi connectivity index (χ4n) is 3.03. The number of halogens is 1. The van der Waals surface area contributed by atoms with Gasteiger partial charge in [-0.25, -0.2) is 4.39 Å². The van der Waals surface area contributed by atoms with Gasteiger partial charge in [0.1, 0.15) is 18.7 Å². The lowest BCUT2D eigenvalue weighted by Crippen LogP contribution is -2.55. The van der Waals surface area contributed by atoms with Crippen LogP contribution in [0.25, 0.3) is 0 Å². The number of anilines is 1. The molecule has 4 N–H and O–H groups in total. The number of ether oxygens (including phenoxy) is 1. The molecule has 0 saturated carbocycles. The number of methoxy groups -OCH3 is 1. The smallest absolute Gasteiger partial charge is 0.251 e. The third-order valence-electron chi connectivity index (χ3n) is 4.56. The van der Waals surface area contributed by atoms with E-state index in [9.17, 15) is 9.18 Å². The molecule has 1 saturated heterocycles. The number of benzene rings is 2. The van der Waals surface area contributed by atoms with E-state index in [1.165, 1.54) is 5.56 Å². The lowest BCUT2D eigenvalue weighted by molar-refractivity contribution is 0.0951. The van der Waals surface area contributed by atoms with Crippen LogP contribution in [0.3, 0.4) is 0 Å². The second-order valence-electron chi connectivity index (χ2n) is 6.39. The van der Waals surface area contributed by atoms with Gasteiger partial charge in [-0.2, -0.15) is 0 Å².